The van der Waals surface area contributed by atoms with Crippen LogP contribution in [0.1, 0.15) is 26.5 Å². The molecule has 0 atom stereocenters. The Morgan fingerprint density at radius 3 is 2.67 bits per heavy atom. The summed E-state index contributed by atoms with van der Waals surface area (Å²) in [5.41, 5.74) is 0. The molecule has 1 rings (SSSR count). The smallest absolute Gasteiger partial charge is 0.159 e. The molecule has 1 heterocycles. The monoisotopic (exact) mass is 167 g/mol. The third-order valence-corrected chi connectivity index (χ3v) is 0.940. The zero-order valence-electron chi connectivity index (χ0n) is 7.57. The number of hydrogen-bond acceptors (Lipinski definition) is 3. The molecule has 0 N–H and O–H groups in total. The number of carbonyl (C=O) groups excluding carboxylic acids is 1. The SMILES string of the molecule is CC.CC(=O)/C=C/c1ccno1. The zero-order chi connectivity index (χ0) is 9.40. The molecule has 0 saturated carbocycles. The molecule has 0 aliphatic carbocycles. The van der Waals surface area contributed by atoms with Crippen LogP contribution in [0.5, 0.6) is 0 Å². The number of allylic oxidation sites excluding steroid dienone is 1. The lowest BCUT2D eigenvalue weighted by Gasteiger charge is -1.77. The third-order valence-electron chi connectivity index (χ3n) is 0.940. The number of carbonyl (C=O) groups is 1. The van der Waals surface area contributed by atoms with Gasteiger partial charge < -0.3 is 4.52 Å². The maximum atomic E-state index is 10.4. The van der Waals surface area contributed by atoms with Crippen LogP contribution in [0.15, 0.2) is 22.9 Å². The highest BCUT2D eigenvalue weighted by Crippen LogP contribution is 1.98. The molecule has 1 aromatic heterocycles. The van der Waals surface area contributed by atoms with Crippen molar-refractivity contribution in [3.05, 3.63) is 24.1 Å². The largest absolute Gasteiger partial charge is 0.357 e. The summed E-state index contributed by atoms with van der Waals surface area (Å²) in [5.74, 6) is 0.589. The summed E-state index contributed by atoms with van der Waals surface area (Å²) in [6.07, 6.45) is 4.54. The quantitative estimate of drug-likeness (QED) is 0.635. The van der Waals surface area contributed by atoms with Crippen molar-refractivity contribution < 1.29 is 9.32 Å². The van der Waals surface area contributed by atoms with Crippen LogP contribution in [-0.4, -0.2) is 10.9 Å². The molecule has 0 amide bonds. The highest BCUT2D eigenvalue weighted by atomic mass is 16.5. The molecular formula is C9H13NO2. The van der Waals surface area contributed by atoms with Crippen LogP contribution in [0.3, 0.4) is 0 Å². The van der Waals surface area contributed by atoms with Gasteiger partial charge in [0.2, 0.25) is 0 Å². The molecule has 0 bridgehead atoms. The van der Waals surface area contributed by atoms with Crippen molar-refractivity contribution in [1.29, 1.82) is 0 Å². The highest BCUT2D eigenvalue weighted by molar-refractivity contribution is 5.91. The van der Waals surface area contributed by atoms with E-state index < -0.39 is 0 Å². The summed E-state index contributed by atoms with van der Waals surface area (Å²) in [4.78, 5) is 10.4. The highest BCUT2D eigenvalue weighted by Gasteiger charge is 1.88. The lowest BCUT2D eigenvalue weighted by atomic mass is 10.3. The molecule has 0 radical (unpaired) electrons. The van der Waals surface area contributed by atoms with E-state index in [0.717, 1.165) is 0 Å². The van der Waals surface area contributed by atoms with Crippen LogP contribution in [0, 0.1) is 0 Å². The number of aromatic nitrogens is 1. The van der Waals surface area contributed by atoms with E-state index in [-0.39, 0.29) is 5.78 Å². The summed E-state index contributed by atoms with van der Waals surface area (Å²) < 4.78 is 4.69. The van der Waals surface area contributed by atoms with Gasteiger partial charge in [-0.05, 0) is 19.1 Å². The summed E-state index contributed by atoms with van der Waals surface area (Å²) in [5, 5.41) is 3.46. The maximum Gasteiger partial charge on any atom is 0.159 e. The van der Waals surface area contributed by atoms with E-state index in [1.807, 2.05) is 13.8 Å². The van der Waals surface area contributed by atoms with Gasteiger partial charge in [-0.2, -0.15) is 0 Å². The van der Waals surface area contributed by atoms with Crippen molar-refractivity contribution >= 4 is 11.9 Å². The number of hydrogen-bond donors (Lipinski definition) is 0. The molecule has 3 heteroatoms. The van der Waals surface area contributed by atoms with Gasteiger partial charge in [0.25, 0.3) is 0 Å². The summed E-state index contributed by atoms with van der Waals surface area (Å²) >= 11 is 0. The molecule has 0 fully saturated rings. The molecular weight excluding hydrogens is 154 g/mol. The predicted octanol–water partition coefficient (Wildman–Crippen LogP) is 2.30. The second-order valence-electron chi connectivity index (χ2n) is 1.86. The predicted molar refractivity (Wildman–Crippen MR) is 47.6 cm³/mol. The first-order valence-corrected chi connectivity index (χ1v) is 3.88. The van der Waals surface area contributed by atoms with Crippen LogP contribution in [0.25, 0.3) is 6.08 Å². The Morgan fingerprint density at radius 1 is 1.58 bits per heavy atom. The molecule has 0 spiro atoms. The molecule has 1 aromatic rings. The maximum absolute atomic E-state index is 10.4. The molecule has 66 valence electrons. The molecule has 0 aromatic carbocycles. The Morgan fingerprint density at radius 2 is 2.25 bits per heavy atom. The summed E-state index contributed by atoms with van der Waals surface area (Å²) in [7, 11) is 0. The minimum Gasteiger partial charge on any atom is -0.357 e. The van der Waals surface area contributed by atoms with Crippen LogP contribution in [0.4, 0.5) is 0 Å². The van der Waals surface area contributed by atoms with Gasteiger partial charge in [-0.25, -0.2) is 0 Å². The van der Waals surface area contributed by atoms with Gasteiger partial charge in [0, 0.05) is 6.07 Å². The number of rotatable bonds is 2. The Balaban J connectivity index is 0.000000561. The van der Waals surface area contributed by atoms with E-state index in [9.17, 15) is 4.79 Å². The van der Waals surface area contributed by atoms with Crippen LogP contribution < -0.4 is 0 Å². The first kappa shape index (κ1) is 10.6. The molecule has 0 aliphatic heterocycles. The van der Waals surface area contributed by atoms with E-state index in [1.165, 1.54) is 19.2 Å². The summed E-state index contributed by atoms with van der Waals surface area (Å²) in [6, 6.07) is 1.68. The number of nitrogens with zero attached hydrogens (tertiary/aromatic N) is 1. The topological polar surface area (TPSA) is 43.1 Å². The van der Waals surface area contributed by atoms with Crippen LogP contribution in [-0.2, 0) is 4.79 Å². The van der Waals surface area contributed by atoms with Gasteiger partial charge in [-0.1, -0.05) is 19.0 Å². The standard InChI is InChI=1S/C7H7NO2.C2H6/c1-6(9)2-3-7-4-5-8-10-7;1-2/h2-5H,1H3;1-2H3/b3-2+;. The first-order valence-electron chi connectivity index (χ1n) is 3.88. The van der Waals surface area contributed by atoms with Crippen molar-refractivity contribution in [2.75, 3.05) is 0 Å². The second-order valence-corrected chi connectivity index (χ2v) is 1.86. The molecule has 3 nitrogen and oxygen atoms in total. The minimum absolute atomic E-state index is 0.00333. The summed E-state index contributed by atoms with van der Waals surface area (Å²) in [6.45, 7) is 5.48. The zero-order valence-corrected chi connectivity index (χ0v) is 7.57. The van der Waals surface area contributed by atoms with Gasteiger partial charge >= 0.3 is 0 Å². The average Bonchev–Trinajstić information content (AvgIpc) is 2.56. The van der Waals surface area contributed by atoms with Gasteiger partial charge in [0.05, 0.1) is 6.20 Å². The van der Waals surface area contributed by atoms with Crippen molar-refractivity contribution in [2.24, 2.45) is 0 Å². The average molecular weight is 167 g/mol. The van der Waals surface area contributed by atoms with Gasteiger partial charge in [-0.15, -0.1) is 0 Å². The first-order chi connectivity index (χ1) is 5.79. The second kappa shape index (κ2) is 6.34. The lowest BCUT2D eigenvalue weighted by Crippen LogP contribution is -1.78. The number of ketones is 1. The Labute approximate surface area is 72.1 Å². The van der Waals surface area contributed by atoms with Crippen molar-refractivity contribution in [3.8, 4) is 0 Å². The normalized spacial score (nSPS) is 9.25. The Bertz CT molecular complexity index is 237. The van der Waals surface area contributed by atoms with Gasteiger partial charge in [0.1, 0.15) is 0 Å². The van der Waals surface area contributed by atoms with Gasteiger partial charge in [0.15, 0.2) is 11.5 Å². The van der Waals surface area contributed by atoms with Crippen LogP contribution >= 0.6 is 0 Å². The Kier molecular flexibility index (Phi) is 5.61. The van der Waals surface area contributed by atoms with E-state index in [0.29, 0.717) is 5.76 Å². The van der Waals surface area contributed by atoms with E-state index in [1.54, 1.807) is 12.1 Å². The van der Waals surface area contributed by atoms with E-state index in [2.05, 4.69) is 5.16 Å². The lowest BCUT2D eigenvalue weighted by molar-refractivity contribution is -0.112. The fraction of sp³-hybridized carbons (Fsp3) is 0.333. The fourth-order valence-corrected chi connectivity index (χ4v) is 0.511. The van der Waals surface area contributed by atoms with Crippen LogP contribution in [0.2, 0.25) is 0 Å². The molecule has 0 aliphatic rings. The minimum atomic E-state index is -0.00333. The van der Waals surface area contributed by atoms with Crippen molar-refractivity contribution in [1.82, 2.24) is 5.16 Å². The molecule has 0 saturated heterocycles. The molecule has 0 unspecified atom stereocenters. The third kappa shape index (κ3) is 4.44. The van der Waals surface area contributed by atoms with Crippen molar-refractivity contribution in [2.45, 2.75) is 20.8 Å². The van der Waals surface area contributed by atoms with Gasteiger partial charge in [-0.3, -0.25) is 4.79 Å². The molecule has 12 heavy (non-hydrogen) atoms. The fourth-order valence-electron chi connectivity index (χ4n) is 0.511. The van der Waals surface area contributed by atoms with Crippen molar-refractivity contribution in [3.63, 3.8) is 0 Å². The van der Waals surface area contributed by atoms with E-state index >= 15 is 0 Å². The Hall–Kier alpha value is -1.38. The van der Waals surface area contributed by atoms with E-state index in [4.69, 9.17) is 4.52 Å².